The molecule has 6 heteroatoms. The summed E-state index contributed by atoms with van der Waals surface area (Å²) in [4.78, 5) is 12.1. The number of halogens is 1. The van der Waals surface area contributed by atoms with E-state index in [9.17, 15) is 0 Å². The minimum absolute atomic E-state index is 0.0936. The van der Waals surface area contributed by atoms with Crippen LogP contribution in [0.25, 0.3) is 11.4 Å². The Morgan fingerprint density at radius 2 is 2.25 bits per heavy atom. The van der Waals surface area contributed by atoms with Crippen molar-refractivity contribution in [2.45, 2.75) is 19.5 Å². The van der Waals surface area contributed by atoms with Crippen molar-refractivity contribution in [3.63, 3.8) is 0 Å². The molecule has 0 spiro atoms. The molecule has 0 amide bonds. The Morgan fingerprint density at radius 3 is 2.94 bits per heavy atom. The van der Waals surface area contributed by atoms with Crippen LogP contribution in [-0.2, 0) is 6.54 Å². The first-order valence-corrected chi connectivity index (χ1v) is 5.29. The van der Waals surface area contributed by atoms with Gasteiger partial charge >= 0.3 is 0 Å². The lowest BCUT2D eigenvalue weighted by Crippen LogP contribution is -2.21. The summed E-state index contributed by atoms with van der Waals surface area (Å²) in [5.41, 5.74) is 7.18. The fourth-order valence-corrected chi connectivity index (χ4v) is 1.55. The van der Waals surface area contributed by atoms with Gasteiger partial charge in [0, 0.05) is 25.0 Å². The van der Waals surface area contributed by atoms with Crippen molar-refractivity contribution in [1.82, 2.24) is 19.5 Å². The number of nitrogens with two attached hydrogens (primary N) is 1. The van der Waals surface area contributed by atoms with Gasteiger partial charge < -0.3 is 10.3 Å². The molecule has 0 radical (unpaired) electrons. The maximum Gasteiger partial charge on any atom is 0.222 e. The van der Waals surface area contributed by atoms with Crippen molar-refractivity contribution < 1.29 is 0 Å². The Balaban J connectivity index is 2.24. The van der Waals surface area contributed by atoms with Crippen molar-refractivity contribution in [3.05, 3.63) is 30.1 Å². The maximum absolute atomic E-state index is 5.71. The molecule has 2 aromatic rings. The number of imidazole rings is 1. The van der Waals surface area contributed by atoms with Crippen molar-refractivity contribution in [2.24, 2.45) is 5.73 Å². The van der Waals surface area contributed by atoms with Gasteiger partial charge in [0.2, 0.25) is 5.28 Å². The van der Waals surface area contributed by atoms with Gasteiger partial charge in [-0.25, -0.2) is 15.0 Å². The lowest BCUT2D eigenvalue weighted by atomic mass is 10.3. The third kappa shape index (κ3) is 2.56. The number of nitrogens with zero attached hydrogens (tertiary/aromatic N) is 4. The minimum Gasteiger partial charge on any atom is -0.335 e. The summed E-state index contributed by atoms with van der Waals surface area (Å²) in [6, 6.07) is 1.86. The second kappa shape index (κ2) is 4.59. The molecule has 0 aliphatic rings. The molecule has 2 N–H and O–H groups in total. The molecule has 0 saturated heterocycles. The summed E-state index contributed by atoms with van der Waals surface area (Å²) >= 11 is 5.71. The lowest BCUT2D eigenvalue weighted by Gasteiger charge is -2.04. The van der Waals surface area contributed by atoms with E-state index in [0.29, 0.717) is 5.69 Å². The van der Waals surface area contributed by atoms with Gasteiger partial charge in [-0.3, -0.25) is 0 Å². The van der Waals surface area contributed by atoms with Crippen LogP contribution in [0.5, 0.6) is 0 Å². The molecule has 1 unspecified atom stereocenters. The van der Waals surface area contributed by atoms with Gasteiger partial charge in [0.25, 0.3) is 0 Å². The van der Waals surface area contributed by atoms with Crippen molar-refractivity contribution in [3.8, 4) is 11.4 Å². The van der Waals surface area contributed by atoms with Crippen LogP contribution in [-0.4, -0.2) is 25.6 Å². The first kappa shape index (κ1) is 11.0. The quantitative estimate of drug-likeness (QED) is 0.818. The van der Waals surface area contributed by atoms with E-state index in [-0.39, 0.29) is 11.3 Å². The molecular formula is C10H12ClN5. The third-order valence-electron chi connectivity index (χ3n) is 2.02. The average molecular weight is 238 g/mol. The summed E-state index contributed by atoms with van der Waals surface area (Å²) in [6.07, 6.45) is 5.23. The smallest absolute Gasteiger partial charge is 0.222 e. The predicted molar refractivity (Wildman–Crippen MR) is 61.9 cm³/mol. The Morgan fingerprint density at radius 1 is 1.44 bits per heavy atom. The highest BCUT2D eigenvalue weighted by atomic mass is 35.5. The summed E-state index contributed by atoms with van der Waals surface area (Å²) in [7, 11) is 0. The number of rotatable bonds is 3. The fraction of sp³-hybridized carbons (Fsp3) is 0.300. The Hall–Kier alpha value is -1.46. The molecule has 2 aromatic heterocycles. The minimum atomic E-state index is 0.0936. The van der Waals surface area contributed by atoms with Gasteiger partial charge in [0.1, 0.15) is 5.69 Å². The molecule has 2 rings (SSSR count). The summed E-state index contributed by atoms with van der Waals surface area (Å²) in [5.74, 6) is 0. The molecule has 0 aliphatic carbocycles. The number of aromatic nitrogens is 4. The molecule has 0 bridgehead atoms. The standard InChI is InChI=1S/C10H12ClN5/c1-7(12)4-16-5-9(14-6-16)8-2-3-13-10(11)15-8/h2-3,5-7H,4,12H2,1H3. The van der Waals surface area contributed by atoms with Gasteiger partial charge in [-0.05, 0) is 24.6 Å². The Bertz CT molecular complexity index is 480. The highest BCUT2D eigenvalue weighted by Gasteiger charge is 2.05. The lowest BCUT2D eigenvalue weighted by molar-refractivity contribution is 0.589. The number of hydrogen-bond acceptors (Lipinski definition) is 4. The van der Waals surface area contributed by atoms with Crippen molar-refractivity contribution >= 4 is 11.6 Å². The molecule has 0 aromatic carbocycles. The first-order valence-electron chi connectivity index (χ1n) is 4.91. The maximum atomic E-state index is 5.71. The molecular weight excluding hydrogens is 226 g/mol. The zero-order valence-electron chi connectivity index (χ0n) is 8.84. The second-order valence-corrected chi connectivity index (χ2v) is 3.98. The van der Waals surface area contributed by atoms with Crippen molar-refractivity contribution in [2.75, 3.05) is 0 Å². The monoisotopic (exact) mass is 237 g/mol. The van der Waals surface area contributed by atoms with E-state index in [1.807, 2.05) is 17.7 Å². The molecule has 5 nitrogen and oxygen atoms in total. The molecule has 0 aliphatic heterocycles. The van der Waals surface area contributed by atoms with E-state index in [2.05, 4.69) is 15.0 Å². The fourth-order valence-electron chi connectivity index (χ4n) is 1.40. The summed E-state index contributed by atoms with van der Waals surface area (Å²) in [6.45, 7) is 2.67. The third-order valence-corrected chi connectivity index (χ3v) is 2.20. The summed E-state index contributed by atoms with van der Waals surface area (Å²) in [5, 5.41) is 0.222. The molecule has 16 heavy (non-hydrogen) atoms. The van der Waals surface area contributed by atoms with Crippen LogP contribution in [0.1, 0.15) is 6.92 Å². The molecule has 2 heterocycles. The van der Waals surface area contributed by atoms with Crippen LogP contribution in [0.15, 0.2) is 24.8 Å². The van der Waals surface area contributed by atoms with Gasteiger partial charge in [-0.2, -0.15) is 0 Å². The van der Waals surface area contributed by atoms with E-state index in [1.165, 1.54) is 0 Å². The highest BCUT2D eigenvalue weighted by Crippen LogP contribution is 2.15. The van der Waals surface area contributed by atoms with Crippen LogP contribution in [0, 0.1) is 0 Å². The Labute approximate surface area is 98.3 Å². The zero-order chi connectivity index (χ0) is 11.5. The van der Waals surface area contributed by atoms with Crippen LogP contribution in [0.2, 0.25) is 5.28 Å². The first-order chi connectivity index (χ1) is 7.65. The molecule has 0 fully saturated rings. The van der Waals surface area contributed by atoms with Crippen molar-refractivity contribution in [1.29, 1.82) is 0 Å². The molecule has 0 saturated carbocycles. The van der Waals surface area contributed by atoms with Crippen LogP contribution in [0.3, 0.4) is 0 Å². The molecule has 84 valence electrons. The SMILES string of the molecule is CC(N)Cn1cnc(-c2ccnc(Cl)n2)c1. The van der Waals surface area contributed by atoms with Gasteiger partial charge in [-0.1, -0.05) is 0 Å². The van der Waals surface area contributed by atoms with Gasteiger partial charge in [0.05, 0.1) is 12.0 Å². The van der Waals surface area contributed by atoms with E-state index < -0.39 is 0 Å². The summed E-state index contributed by atoms with van der Waals surface area (Å²) < 4.78 is 1.93. The largest absolute Gasteiger partial charge is 0.335 e. The van der Waals surface area contributed by atoms with Gasteiger partial charge in [0.15, 0.2) is 0 Å². The van der Waals surface area contributed by atoms with E-state index >= 15 is 0 Å². The average Bonchev–Trinajstić information content (AvgIpc) is 2.65. The van der Waals surface area contributed by atoms with E-state index in [4.69, 9.17) is 17.3 Å². The topological polar surface area (TPSA) is 69.6 Å². The predicted octanol–water partition coefficient (Wildman–Crippen LogP) is 1.34. The highest BCUT2D eigenvalue weighted by molar-refractivity contribution is 6.28. The molecule has 1 atom stereocenters. The van der Waals surface area contributed by atoms with Gasteiger partial charge in [-0.15, -0.1) is 0 Å². The van der Waals surface area contributed by atoms with E-state index in [1.54, 1.807) is 18.6 Å². The zero-order valence-corrected chi connectivity index (χ0v) is 9.59. The van der Waals surface area contributed by atoms with Crippen LogP contribution >= 0.6 is 11.6 Å². The van der Waals surface area contributed by atoms with Crippen LogP contribution < -0.4 is 5.73 Å². The van der Waals surface area contributed by atoms with E-state index in [0.717, 1.165) is 12.2 Å². The Kier molecular flexibility index (Phi) is 3.17. The second-order valence-electron chi connectivity index (χ2n) is 3.64. The van der Waals surface area contributed by atoms with Crippen LogP contribution in [0.4, 0.5) is 0 Å². The number of hydrogen-bond donors (Lipinski definition) is 1. The normalized spacial score (nSPS) is 12.7.